The topological polar surface area (TPSA) is 169 Å². The Hall–Kier alpha value is -0.183. The Labute approximate surface area is 91.2 Å². The molecule has 0 aliphatic rings. The van der Waals surface area contributed by atoms with E-state index in [1.807, 2.05) is 0 Å². The van der Waals surface area contributed by atoms with E-state index in [4.69, 9.17) is 35.7 Å². The van der Waals surface area contributed by atoms with Crippen LogP contribution < -0.4 is 0 Å². The van der Waals surface area contributed by atoms with Gasteiger partial charge in [-0.3, -0.25) is 0 Å². The Kier molecular flexibility index (Phi) is 4.93. The fraction of sp³-hybridized carbons (Fsp3) is 1.00. The summed E-state index contributed by atoms with van der Waals surface area (Å²) >= 11 is 0. The maximum Gasteiger partial charge on any atom is 0.419 e. The summed E-state index contributed by atoms with van der Waals surface area (Å²) in [4.78, 5) is 0. The van der Waals surface area contributed by atoms with Crippen LogP contribution in [0.1, 0.15) is 0 Å². The van der Waals surface area contributed by atoms with Crippen LogP contribution in [0.4, 0.5) is 0 Å². The van der Waals surface area contributed by atoms with Gasteiger partial charge in [0.15, 0.2) is 9.04 Å². The van der Waals surface area contributed by atoms with Gasteiger partial charge in [0.25, 0.3) is 0 Å². The molecule has 11 heteroatoms. The first-order valence-corrected chi connectivity index (χ1v) is 6.76. The molecule has 16 heavy (non-hydrogen) atoms. The van der Waals surface area contributed by atoms with Gasteiger partial charge in [0.1, 0.15) is 0 Å². The van der Waals surface area contributed by atoms with E-state index >= 15 is 0 Å². The number of rotatable bonds is 6. The maximum absolute atomic E-state index is 8.92. The average Bonchev–Trinajstić information content (AvgIpc) is 1.69. The van der Waals surface area contributed by atoms with Gasteiger partial charge in [0, 0.05) is 0 Å². The van der Waals surface area contributed by atoms with Crippen molar-refractivity contribution in [3.63, 3.8) is 0 Å². The van der Waals surface area contributed by atoms with Crippen molar-refractivity contribution < 1.29 is 49.6 Å². The van der Waals surface area contributed by atoms with Crippen molar-refractivity contribution in [2.45, 2.75) is 31.6 Å². The summed E-state index contributed by atoms with van der Waals surface area (Å²) in [6.07, 6.45) is -11.3. The van der Waals surface area contributed by atoms with Crippen LogP contribution in [0.3, 0.4) is 0 Å². The quantitative estimate of drug-likeness (QED) is 0.184. The maximum atomic E-state index is 8.92. The third kappa shape index (κ3) is 8.03. The van der Waals surface area contributed by atoms with E-state index in [1.54, 1.807) is 0 Å². The van der Waals surface area contributed by atoms with Gasteiger partial charge in [-0.2, -0.15) is 0 Å². The van der Waals surface area contributed by atoms with Crippen molar-refractivity contribution in [3.05, 3.63) is 0 Å². The Bertz CT molecular complexity index is 220. The highest BCUT2D eigenvalue weighted by molar-refractivity contribution is 6.48. The second-order valence-corrected chi connectivity index (χ2v) is 5.37. The molecule has 0 atom stereocenters. The van der Waals surface area contributed by atoms with E-state index in [1.165, 1.54) is 13.1 Å². The highest BCUT2D eigenvalue weighted by Gasteiger charge is 2.45. The van der Waals surface area contributed by atoms with Crippen LogP contribution in [-0.4, -0.2) is 63.3 Å². The lowest BCUT2D eigenvalue weighted by atomic mass is 10.9. The molecule has 0 radical (unpaired) electrons. The summed E-state index contributed by atoms with van der Waals surface area (Å²) in [5.41, 5.74) is 0. The molecule has 0 spiro atoms. The lowest BCUT2D eigenvalue weighted by Gasteiger charge is -2.31. The number of hydrogen-bond donors (Lipinski definition) is 7. The molecule has 0 saturated heterocycles. The predicted molar refractivity (Wildman–Crippen MR) is 45.9 cm³/mol. The van der Waals surface area contributed by atoms with Crippen LogP contribution in [0, 0.1) is 0 Å². The molecule has 10 nitrogen and oxygen atoms in total. The molecule has 0 fully saturated rings. The lowest BCUT2D eigenvalue weighted by Crippen LogP contribution is -2.53. The van der Waals surface area contributed by atoms with E-state index in [0.717, 1.165) is 0 Å². The van der Waals surface area contributed by atoms with Crippen molar-refractivity contribution in [3.8, 4) is 0 Å². The third-order valence-corrected chi connectivity index (χ3v) is 1.70. The normalized spacial score (nSPS) is 14.6. The van der Waals surface area contributed by atoms with Gasteiger partial charge < -0.3 is 40.2 Å². The molecule has 0 rings (SSSR count). The zero-order valence-electron chi connectivity index (χ0n) is 8.43. The molecule has 0 aliphatic carbocycles. The van der Waals surface area contributed by atoms with E-state index < -0.39 is 27.5 Å². The Morgan fingerprint density at radius 1 is 0.750 bits per heavy atom. The summed E-state index contributed by atoms with van der Waals surface area (Å²) < 4.78 is 11.3. The van der Waals surface area contributed by atoms with Crippen molar-refractivity contribution in [1.82, 2.24) is 0 Å². The lowest BCUT2D eigenvalue weighted by molar-refractivity contribution is -0.642. The van der Waals surface area contributed by atoms with Crippen molar-refractivity contribution >= 4 is 9.04 Å². The van der Waals surface area contributed by atoms with Crippen LogP contribution in [0.2, 0.25) is 13.1 Å². The van der Waals surface area contributed by atoms with Gasteiger partial charge in [-0.1, -0.05) is 0 Å². The largest absolute Gasteiger partial charge is 0.419 e. The van der Waals surface area contributed by atoms with Crippen LogP contribution in [0.25, 0.3) is 0 Å². The molecule has 0 saturated carbocycles. The van der Waals surface area contributed by atoms with Crippen LogP contribution in [0.15, 0.2) is 0 Å². The Balaban J connectivity index is 4.45. The van der Waals surface area contributed by atoms with E-state index in [0.29, 0.717) is 0 Å². The number of hydrogen-bond acceptors (Lipinski definition) is 10. The number of ether oxygens (including phenoxy) is 2. The van der Waals surface area contributed by atoms with Gasteiger partial charge in [-0.25, -0.2) is 9.47 Å². The molecule has 0 unspecified atom stereocenters. The summed E-state index contributed by atoms with van der Waals surface area (Å²) in [6.45, 7) is 2.99. The molecule has 0 heterocycles. The Morgan fingerprint density at radius 2 is 1.19 bits per heavy atom. The molecular formula is C5H14O10Si. The van der Waals surface area contributed by atoms with Crippen molar-refractivity contribution in [2.75, 3.05) is 0 Å². The molecule has 0 aromatic rings. The second kappa shape index (κ2) is 4.99. The van der Waals surface area contributed by atoms with E-state index in [9.17, 15) is 0 Å². The highest BCUT2D eigenvalue weighted by atomic mass is 28.3. The van der Waals surface area contributed by atoms with Crippen molar-refractivity contribution in [1.29, 1.82) is 0 Å². The second-order valence-electron chi connectivity index (χ2n) is 3.04. The molecule has 0 amide bonds. The van der Waals surface area contributed by atoms with Gasteiger partial charge in [-0.05, 0) is 13.1 Å². The average molecular weight is 262 g/mol. The minimum absolute atomic E-state index is 1.50. The molecule has 0 aromatic heterocycles. The molecule has 98 valence electrons. The van der Waals surface area contributed by atoms with Crippen molar-refractivity contribution in [2.24, 2.45) is 0 Å². The Morgan fingerprint density at radius 3 is 1.50 bits per heavy atom. The minimum atomic E-state index is -3.95. The zero-order chi connectivity index (χ0) is 13.2. The minimum Gasteiger partial charge on any atom is -0.349 e. The zero-order valence-corrected chi connectivity index (χ0v) is 9.59. The first-order valence-electron chi connectivity index (χ1n) is 3.98. The van der Waals surface area contributed by atoms with Gasteiger partial charge in [-0.15, -0.1) is 0 Å². The van der Waals surface area contributed by atoms with Crippen LogP contribution in [0.5, 0.6) is 0 Å². The molecule has 0 aliphatic heterocycles. The molecule has 0 aromatic carbocycles. The SMILES string of the molecule is C[SiH](C)OC(O)(O)OC(O)(O)OC(O)(O)O. The summed E-state index contributed by atoms with van der Waals surface area (Å²) in [6, 6.07) is 0. The monoisotopic (exact) mass is 262 g/mol. The fourth-order valence-electron chi connectivity index (χ4n) is 0.704. The molecule has 7 N–H and O–H groups in total. The highest BCUT2D eigenvalue weighted by Crippen LogP contribution is 2.18. The van der Waals surface area contributed by atoms with E-state index in [2.05, 4.69) is 13.9 Å². The van der Waals surface area contributed by atoms with Gasteiger partial charge >= 0.3 is 18.5 Å². The summed E-state index contributed by atoms with van der Waals surface area (Å²) in [7, 11) is -2.03. The van der Waals surface area contributed by atoms with E-state index in [-0.39, 0.29) is 0 Å². The standard InChI is InChI=1S/C5H14O10Si/c1-16(2)15-5(11,12)14-4(9,10)13-3(6,7)8/h6-12,16H,1-2H3. The van der Waals surface area contributed by atoms with Crippen LogP contribution >= 0.6 is 0 Å². The smallest absolute Gasteiger partial charge is 0.349 e. The molecular weight excluding hydrogens is 248 g/mol. The summed E-state index contributed by atoms with van der Waals surface area (Å²) in [5, 5.41) is 60.0. The predicted octanol–water partition coefficient (Wildman–Crippen LogP) is -4.20. The van der Waals surface area contributed by atoms with Gasteiger partial charge in [0.05, 0.1) is 0 Å². The first-order chi connectivity index (χ1) is 6.83. The number of aliphatic hydroxyl groups is 7. The first kappa shape index (κ1) is 15.8. The van der Waals surface area contributed by atoms with Gasteiger partial charge in [0.2, 0.25) is 0 Å². The summed E-state index contributed by atoms with van der Waals surface area (Å²) in [5.74, 6) is 0. The third-order valence-electron chi connectivity index (χ3n) is 0.925. The van der Waals surface area contributed by atoms with Crippen LogP contribution in [-0.2, 0) is 13.9 Å². The fourth-order valence-corrected chi connectivity index (χ4v) is 1.37. The molecule has 0 bridgehead atoms.